The van der Waals surface area contributed by atoms with E-state index in [9.17, 15) is 9.18 Å². The Balaban J connectivity index is 1.60. The van der Waals surface area contributed by atoms with Crippen molar-refractivity contribution < 1.29 is 9.18 Å². The van der Waals surface area contributed by atoms with Gasteiger partial charge in [-0.25, -0.2) is 9.37 Å². The summed E-state index contributed by atoms with van der Waals surface area (Å²) in [6.45, 7) is 7.78. The smallest absolute Gasteiger partial charge is 0.224 e. The normalized spacial score (nSPS) is 18.5. The van der Waals surface area contributed by atoms with Crippen LogP contribution in [0.3, 0.4) is 0 Å². The number of carbonyl (C=O) groups excluding carboxylic acids is 1. The summed E-state index contributed by atoms with van der Waals surface area (Å²) in [5.74, 6) is 0.381. The second kappa shape index (κ2) is 8.45. The summed E-state index contributed by atoms with van der Waals surface area (Å²) in [7, 11) is 0. The summed E-state index contributed by atoms with van der Waals surface area (Å²) in [6.07, 6.45) is 5.81. The molecule has 1 aliphatic rings. The van der Waals surface area contributed by atoms with E-state index in [0.29, 0.717) is 32.0 Å². The maximum atomic E-state index is 13.9. The summed E-state index contributed by atoms with van der Waals surface area (Å²) in [5.41, 5.74) is 0.717. The molecule has 0 saturated carbocycles. The average Bonchev–Trinajstić information content (AvgIpc) is 3.15. The van der Waals surface area contributed by atoms with Crippen molar-refractivity contribution >= 4 is 5.91 Å². The van der Waals surface area contributed by atoms with E-state index in [0.717, 1.165) is 18.7 Å². The number of piperazine rings is 1. The molecule has 0 spiro atoms. The van der Waals surface area contributed by atoms with Gasteiger partial charge in [0.15, 0.2) is 0 Å². The maximum absolute atomic E-state index is 13.9. The largest absolute Gasteiger partial charge is 0.337 e. The van der Waals surface area contributed by atoms with Crippen molar-refractivity contribution in [2.75, 3.05) is 19.6 Å². The molecule has 1 saturated heterocycles. The van der Waals surface area contributed by atoms with E-state index in [1.807, 2.05) is 27.8 Å². The Morgan fingerprint density at radius 3 is 2.81 bits per heavy atom. The highest BCUT2D eigenvalue weighted by atomic mass is 19.1. The Hall–Kier alpha value is -2.21. The lowest BCUT2D eigenvalue weighted by Crippen LogP contribution is -2.56. The van der Waals surface area contributed by atoms with E-state index in [4.69, 9.17) is 0 Å². The molecule has 1 amide bonds. The minimum absolute atomic E-state index is 0.158. The van der Waals surface area contributed by atoms with Gasteiger partial charge in [-0.15, -0.1) is 0 Å². The van der Waals surface area contributed by atoms with Gasteiger partial charge in [-0.1, -0.05) is 32.0 Å². The number of hydrogen-bond acceptors (Lipinski definition) is 3. The van der Waals surface area contributed by atoms with Gasteiger partial charge in [-0.3, -0.25) is 9.69 Å². The van der Waals surface area contributed by atoms with Crippen LogP contribution in [0.4, 0.5) is 4.39 Å². The number of carbonyl (C=O) groups is 1. The molecule has 1 aromatic carbocycles. The summed E-state index contributed by atoms with van der Waals surface area (Å²) in [6, 6.07) is 7.08. The van der Waals surface area contributed by atoms with Crippen molar-refractivity contribution in [1.82, 2.24) is 19.4 Å². The molecule has 5 nitrogen and oxygen atoms in total. The Kier molecular flexibility index (Phi) is 6.04. The summed E-state index contributed by atoms with van der Waals surface area (Å²) >= 11 is 0. The second-order valence-corrected chi connectivity index (χ2v) is 7.28. The molecule has 0 aliphatic carbocycles. The van der Waals surface area contributed by atoms with Crippen molar-refractivity contribution in [3.63, 3.8) is 0 Å². The molecule has 0 radical (unpaired) electrons. The third-order valence-electron chi connectivity index (χ3n) is 5.09. The van der Waals surface area contributed by atoms with E-state index in [-0.39, 0.29) is 17.8 Å². The standard InChI is InChI=1S/C20H27FN4O/c1-16(2)19-14-24(13-17-5-3-4-6-18(17)21)11-12-25(19)20(26)7-9-23-10-8-22-15-23/h3-6,8,10,15-16,19H,7,9,11-14H2,1-2H3/t19-/m1/s1. The first kappa shape index (κ1) is 18.6. The van der Waals surface area contributed by atoms with Crippen molar-refractivity contribution in [2.24, 2.45) is 5.92 Å². The molecule has 1 aromatic heterocycles. The van der Waals surface area contributed by atoms with Gasteiger partial charge in [0.05, 0.1) is 6.33 Å². The van der Waals surface area contributed by atoms with Crippen molar-refractivity contribution in [3.8, 4) is 0 Å². The highest BCUT2D eigenvalue weighted by Crippen LogP contribution is 2.21. The van der Waals surface area contributed by atoms with Gasteiger partial charge in [0, 0.05) is 63.1 Å². The van der Waals surface area contributed by atoms with Gasteiger partial charge in [-0.2, -0.15) is 0 Å². The fourth-order valence-corrected chi connectivity index (χ4v) is 3.55. The number of nitrogens with zero attached hydrogens (tertiary/aromatic N) is 4. The monoisotopic (exact) mass is 358 g/mol. The SMILES string of the molecule is CC(C)[C@H]1CN(Cc2ccccc2F)CCN1C(=O)CCn1ccnc1. The average molecular weight is 358 g/mol. The highest BCUT2D eigenvalue weighted by molar-refractivity contribution is 5.76. The van der Waals surface area contributed by atoms with Crippen molar-refractivity contribution in [1.29, 1.82) is 0 Å². The van der Waals surface area contributed by atoms with Crippen LogP contribution in [0.15, 0.2) is 43.0 Å². The number of aromatic nitrogens is 2. The minimum atomic E-state index is -0.160. The molecule has 0 bridgehead atoms. The van der Waals surface area contributed by atoms with Gasteiger partial charge in [0.2, 0.25) is 5.91 Å². The number of aryl methyl sites for hydroxylation is 1. The van der Waals surface area contributed by atoms with Gasteiger partial charge < -0.3 is 9.47 Å². The molecule has 0 N–H and O–H groups in total. The quantitative estimate of drug-likeness (QED) is 0.797. The molecule has 140 valence electrons. The van der Waals surface area contributed by atoms with E-state index >= 15 is 0 Å². The van der Waals surface area contributed by atoms with Crippen LogP contribution < -0.4 is 0 Å². The zero-order chi connectivity index (χ0) is 18.5. The third-order valence-corrected chi connectivity index (χ3v) is 5.09. The number of hydrogen-bond donors (Lipinski definition) is 0. The molecule has 6 heteroatoms. The molecule has 0 unspecified atom stereocenters. The molecule has 1 atom stereocenters. The van der Waals surface area contributed by atoms with Crippen LogP contribution in [0.25, 0.3) is 0 Å². The lowest BCUT2D eigenvalue weighted by Gasteiger charge is -2.43. The zero-order valence-electron chi connectivity index (χ0n) is 15.5. The fourth-order valence-electron chi connectivity index (χ4n) is 3.55. The van der Waals surface area contributed by atoms with E-state index in [2.05, 4.69) is 23.7 Å². The summed E-state index contributed by atoms with van der Waals surface area (Å²) in [5, 5.41) is 0. The van der Waals surface area contributed by atoms with Gasteiger partial charge >= 0.3 is 0 Å². The molecule has 3 rings (SSSR count). The molecule has 2 heterocycles. The van der Waals surface area contributed by atoms with Crippen LogP contribution in [0.1, 0.15) is 25.8 Å². The van der Waals surface area contributed by atoms with Crippen LogP contribution >= 0.6 is 0 Å². The minimum Gasteiger partial charge on any atom is -0.337 e. The fraction of sp³-hybridized carbons (Fsp3) is 0.500. The summed E-state index contributed by atoms with van der Waals surface area (Å²) < 4.78 is 15.9. The first-order valence-corrected chi connectivity index (χ1v) is 9.25. The number of amides is 1. The van der Waals surface area contributed by atoms with E-state index < -0.39 is 0 Å². The zero-order valence-corrected chi connectivity index (χ0v) is 15.5. The molecule has 1 fully saturated rings. The number of rotatable bonds is 6. The lowest BCUT2D eigenvalue weighted by molar-refractivity contribution is -0.137. The molecule has 26 heavy (non-hydrogen) atoms. The number of benzene rings is 1. The first-order valence-electron chi connectivity index (χ1n) is 9.25. The van der Waals surface area contributed by atoms with Crippen LogP contribution in [0.5, 0.6) is 0 Å². The van der Waals surface area contributed by atoms with Crippen LogP contribution in [-0.2, 0) is 17.9 Å². The van der Waals surface area contributed by atoms with E-state index in [1.165, 1.54) is 6.07 Å². The number of imidazole rings is 1. The summed E-state index contributed by atoms with van der Waals surface area (Å²) in [4.78, 5) is 21.0. The molecule has 1 aliphatic heterocycles. The van der Waals surface area contributed by atoms with Crippen molar-refractivity contribution in [2.45, 2.75) is 39.4 Å². The van der Waals surface area contributed by atoms with Gasteiger partial charge in [-0.05, 0) is 12.0 Å². The third kappa shape index (κ3) is 4.49. The van der Waals surface area contributed by atoms with Gasteiger partial charge in [0.1, 0.15) is 5.82 Å². The van der Waals surface area contributed by atoms with Crippen LogP contribution in [-0.4, -0.2) is 50.9 Å². The van der Waals surface area contributed by atoms with Crippen molar-refractivity contribution in [3.05, 3.63) is 54.4 Å². The van der Waals surface area contributed by atoms with Crippen LogP contribution in [0, 0.1) is 11.7 Å². The Morgan fingerprint density at radius 1 is 1.31 bits per heavy atom. The Bertz CT molecular complexity index is 716. The second-order valence-electron chi connectivity index (χ2n) is 7.28. The predicted molar refractivity (Wildman–Crippen MR) is 98.9 cm³/mol. The molecule has 2 aromatic rings. The molecular weight excluding hydrogens is 331 g/mol. The predicted octanol–water partition coefficient (Wildman–Crippen LogP) is 2.78. The first-order chi connectivity index (χ1) is 12.5. The Labute approximate surface area is 154 Å². The van der Waals surface area contributed by atoms with Gasteiger partial charge in [0.25, 0.3) is 0 Å². The maximum Gasteiger partial charge on any atom is 0.224 e. The number of halogens is 1. The van der Waals surface area contributed by atoms with E-state index in [1.54, 1.807) is 18.6 Å². The molecular formula is C20H27FN4O. The highest BCUT2D eigenvalue weighted by Gasteiger charge is 2.32. The Morgan fingerprint density at radius 2 is 2.12 bits per heavy atom. The topological polar surface area (TPSA) is 41.4 Å². The lowest BCUT2D eigenvalue weighted by atomic mass is 9.98. The van der Waals surface area contributed by atoms with Crippen LogP contribution in [0.2, 0.25) is 0 Å².